The van der Waals surface area contributed by atoms with E-state index in [1.807, 2.05) is 0 Å². The number of halogens is 2. The first-order valence-corrected chi connectivity index (χ1v) is 8.50. The normalized spacial score (nSPS) is 25.8. The van der Waals surface area contributed by atoms with E-state index in [-0.39, 0.29) is 0 Å². The maximum atomic E-state index is 3.77. The fourth-order valence-corrected chi connectivity index (χ4v) is 4.29. The Morgan fingerprint density at radius 3 is 2.50 bits per heavy atom. The lowest BCUT2D eigenvalue weighted by molar-refractivity contribution is 0.0571. The molecule has 1 aromatic rings. The summed E-state index contributed by atoms with van der Waals surface area (Å²) < 4.78 is 2.31. The van der Waals surface area contributed by atoms with Crippen molar-refractivity contribution in [1.82, 2.24) is 0 Å². The Morgan fingerprint density at radius 1 is 1.06 bits per heavy atom. The lowest BCUT2D eigenvalue weighted by Crippen LogP contribution is -2.50. The molecule has 2 fully saturated rings. The van der Waals surface area contributed by atoms with Gasteiger partial charge >= 0.3 is 0 Å². The van der Waals surface area contributed by atoms with Gasteiger partial charge in [0, 0.05) is 20.7 Å². The molecule has 1 aromatic carbocycles. The molecule has 18 heavy (non-hydrogen) atoms. The van der Waals surface area contributed by atoms with Crippen molar-refractivity contribution in [2.45, 2.75) is 51.0 Å². The van der Waals surface area contributed by atoms with Gasteiger partial charge in [0.05, 0.1) is 0 Å². The highest BCUT2D eigenvalue weighted by Gasteiger charge is 2.46. The molecule has 98 valence electrons. The zero-order valence-electron chi connectivity index (χ0n) is 10.5. The van der Waals surface area contributed by atoms with Crippen molar-refractivity contribution >= 4 is 37.5 Å². The van der Waals surface area contributed by atoms with Gasteiger partial charge in [0.15, 0.2) is 0 Å². The van der Waals surface area contributed by atoms with E-state index in [4.69, 9.17) is 0 Å². The van der Waals surface area contributed by atoms with Crippen molar-refractivity contribution in [3.8, 4) is 0 Å². The zero-order valence-corrected chi connectivity index (χ0v) is 13.7. The molecule has 1 N–H and O–H groups in total. The Kier molecular flexibility index (Phi) is 3.72. The summed E-state index contributed by atoms with van der Waals surface area (Å²) in [6.45, 7) is 0. The van der Waals surface area contributed by atoms with Gasteiger partial charge in [-0.3, -0.25) is 0 Å². The average molecular weight is 373 g/mol. The molecule has 3 rings (SSSR count). The van der Waals surface area contributed by atoms with E-state index in [1.165, 1.54) is 55.1 Å². The predicted molar refractivity (Wildman–Crippen MR) is 84.0 cm³/mol. The molecule has 0 amide bonds. The van der Waals surface area contributed by atoms with Crippen LogP contribution < -0.4 is 5.32 Å². The molecule has 2 saturated carbocycles. The summed E-state index contributed by atoms with van der Waals surface area (Å²) in [7, 11) is 0. The summed E-state index contributed by atoms with van der Waals surface area (Å²) in [5.41, 5.74) is 1.85. The van der Waals surface area contributed by atoms with Crippen molar-refractivity contribution in [2.24, 2.45) is 5.41 Å². The Balaban J connectivity index is 1.74. The smallest absolute Gasteiger partial charge is 0.0498 e. The molecule has 1 unspecified atom stereocenters. The van der Waals surface area contributed by atoms with Crippen molar-refractivity contribution in [2.75, 3.05) is 5.32 Å². The highest BCUT2D eigenvalue weighted by molar-refractivity contribution is 9.11. The van der Waals surface area contributed by atoms with E-state index >= 15 is 0 Å². The third kappa shape index (κ3) is 2.36. The molecular weight excluding hydrogens is 354 g/mol. The molecule has 3 heteroatoms. The Bertz CT molecular complexity index is 438. The zero-order chi connectivity index (χ0) is 12.6. The van der Waals surface area contributed by atoms with Crippen LogP contribution in [0.1, 0.15) is 44.9 Å². The largest absolute Gasteiger partial charge is 0.381 e. The molecular formula is C15H19Br2N. The molecule has 1 nitrogen and oxygen atoms in total. The number of rotatable bonds is 2. The van der Waals surface area contributed by atoms with Crippen molar-refractivity contribution in [3.63, 3.8) is 0 Å². The summed E-state index contributed by atoms with van der Waals surface area (Å²) in [6.07, 6.45) is 9.91. The number of hydrogen-bond donors (Lipinski definition) is 1. The monoisotopic (exact) mass is 371 g/mol. The summed E-state index contributed by atoms with van der Waals surface area (Å²) in [6, 6.07) is 7.05. The predicted octanol–water partition coefficient (Wildman–Crippen LogP) is 5.74. The van der Waals surface area contributed by atoms with E-state index in [0.29, 0.717) is 11.5 Å². The van der Waals surface area contributed by atoms with Gasteiger partial charge in [-0.1, -0.05) is 35.2 Å². The standard InChI is InChI=1S/C15H19Br2N/c16-11-4-5-12(17)13(10-11)18-14-6-9-15(14)7-2-1-3-8-15/h4-5,10,14,18H,1-3,6-9H2. The van der Waals surface area contributed by atoms with Crippen LogP contribution in [0, 0.1) is 5.41 Å². The minimum atomic E-state index is 0.611. The Hall–Kier alpha value is -0.0200. The summed E-state index contributed by atoms with van der Waals surface area (Å²) in [5.74, 6) is 0. The van der Waals surface area contributed by atoms with Gasteiger partial charge in [-0.05, 0) is 65.2 Å². The molecule has 0 radical (unpaired) electrons. The lowest BCUT2D eigenvalue weighted by atomic mass is 9.57. The number of anilines is 1. The minimum absolute atomic E-state index is 0.611. The number of benzene rings is 1. The van der Waals surface area contributed by atoms with Crippen molar-refractivity contribution in [1.29, 1.82) is 0 Å². The van der Waals surface area contributed by atoms with Gasteiger partial charge in [0.2, 0.25) is 0 Å². The van der Waals surface area contributed by atoms with E-state index < -0.39 is 0 Å². The number of nitrogens with one attached hydrogen (secondary N) is 1. The highest BCUT2D eigenvalue weighted by atomic mass is 79.9. The fourth-order valence-electron chi connectivity index (χ4n) is 3.57. The van der Waals surface area contributed by atoms with Crippen LogP contribution >= 0.6 is 31.9 Å². The van der Waals surface area contributed by atoms with Crippen LogP contribution in [-0.4, -0.2) is 6.04 Å². The minimum Gasteiger partial charge on any atom is -0.381 e. The third-order valence-electron chi connectivity index (χ3n) is 4.78. The van der Waals surface area contributed by atoms with E-state index in [9.17, 15) is 0 Å². The molecule has 1 atom stereocenters. The molecule has 0 aliphatic heterocycles. The summed E-state index contributed by atoms with van der Waals surface area (Å²) in [4.78, 5) is 0. The van der Waals surface area contributed by atoms with Gasteiger partial charge in [-0.2, -0.15) is 0 Å². The molecule has 0 saturated heterocycles. The van der Waals surface area contributed by atoms with Gasteiger partial charge < -0.3 is 5.32 Å². The second-order valence-corrected chi connectivity index (χ2v) is 7.55. The van der Waals surface area contributed by atoms with Crippen LogP contribution in [-0.2, 0) is 0 Å². The molecule has 1 spiro atoms. The maximum Gasteiger partial charge on any atom is 0.0498 e. The van der Waals surface area contributed by atoms with E-state index in [2.05, 4.69) is 55.4 Å². The molecule has 2 aliphatic rings. The maximum absolute atomic E-state index is 3.77. The van der Waals surface area contributed by atoms with Gasteiger partial charge in [0.25, 0.3) is 0 Å². The van der Waals surface area contributed by atoms with Crippen LogP contribution in [0.25, 0.3) is 0 Å². The van der Waals surface area contributed by atoms with Crippen LogP contribution in [0.5, 0.6) is 0 Å². The first-order chi connectivity index (χ1) is 8.70. The van der Waals surface area contributed by atoms with Crippen LogP contribution in [0.3, 0.4) is 0 Å². The highest BCUT2D eigenvalue weighted by Crippen LogP contribution is 2.53. The molecule has 0 heterocycles. The summed E-state index contributed by atoms with van der Waals surface area (Å²) in [5, 5.41) is 3.77. The first kappa shape index (κ1) is 13.0. The van der Waals surface area contributed by atoms with Gasteiger partial charge in [-0.15, -0.1) is 0 Å². The van der Waals surface area contributed by atoms with E-state index in [1.54, 1.807) is 0 Å². The van der Waals surface area contributed by atoms with Crippen molar-refractivity contribution in [3.05, 3.63) is 27.1 Å². The lowest BCUT2D eigenvalue weighted by Gasteiger charge is -2.52. The van der Waals surface area contributed by atoms with Crippen molar-refractivity contribution < 1.29 is 0 Å². The van der Waals surface area contributed by atoms with Crippen LogP contribution in [0.4, 0.5) is 5.69 Å². The first-order valence-electron chi connectivity index (χ1n) is 6.91. The number of hydrogen-bond acceptors (Lipinski definition) is 1. The second-order valence-electron chi connectivity index (χ2n) is 5.78. The molecule has 0 bridgehead atoms. The quantitative estimate of drug-likeness (QED) is 0.698. The SMILES string of the molecule is Brc1ccc(Br)c(NC2CCC23CCCCC3)c1. The summed E-state index contributed by atoms with van der Waals surface area (Å²) >= 11 is 7.19. The molecule has 0 aromatic heterocycles. The van der Waals surface area contributed by atoms with Crippen LogP contribution in [0.2, 0.25) is 0 Å². The van der Waals surface area contributed by atoms with Gasteiger partial charge in [0.1, 0.15) is 0 Å². The van der Waals surface area contributed by atoms with Crippen LogP contribution in [0.15, 0.2) is 27.1 Å². The van der Waals surface area contributed by atoms with Gasteiger partial charge in [-0.25, -0.2) is 0 Å². The van der Waals surface area contributed by atoms with E-state index in [0.717, 1.165) is 4.47 Å². The Morgan fingerprint density at radius 2 is 1.83 bits per heavy atom. The average Bonchev–Trinajstić information content (AvgIpc) is 2.39. The Labute approximate surface area is 126 Å². The third-order valence-corrected chi connectivity index (χ3v) is 5.96. The molecule has 2 aliphatic carbocycles. The topological polar surface area (TPSA) is 12.0 Å². The fraction of sp³-hybridized carbons (Fsp3) is 0.600. The second kappa shape index (κ2) is 5.16.